The molecule has 0 unspecified atom stereocenters. The number of hydrogen-bond donors (Lipinski definition) is 3. The molecule has 0 radical (unpaired) electrons. The van der Waals surface area contributed by atoms with Crippen molar-refractivity contribution in [3.8, 4) is 0 Å². The third kappa shape index (κ3) is 7.84. The van der Waals surface area contributed by atoms with E-state index in [9.17, 15) is 0 Å². The molecule has 0 aromatic rings. The van der Waals surface area contributed by atoms with Gasteiger partial charge in [0.05, 0.1) is 13.2 Å². The smallest absolute Gasteiger partial charge is 0.0558 e. The van der Waals surface area contributed by atoms with Crippen molar-refractivity contribution in [1.82, 2.24) is 11.1 Å². The summed E-state index contributed by atoms with van der Waals surface area (Å²) in [6.07, 6.45) is 0. The molecule has 0 heterocycles. The van der Waals surface area contributed by atoms with Crippen LogP contribution in [0.4, 0.5) is 0 Å². The molecule has 0 aromatic heterocycles. The van der Waals surface area contributed by atoms with Gasteiger partial charge in [-0.15, -0.1) is 0 Å². The highest BCUT2D eigenvalue weighted by Gasteiger charge is 1.91. The number of hydrogen-bond acceptors (Lipinski definition) is 4. The van der Waals surface area contributed by atoms with Crippen LogP contribution in [0.1, 0.15) is 0 Å². The van der Waals surface area contributed by atoms with Crippen LogP contribution < -0.4 is 6.15 Å². The minimum atomic E-state index is 0. The first-order valence-electron chi connectivity index (χ1n) is 2.71. The number of nitrogens with zero attached hydrogens (tertiary/aromatic N) is 1. The Morgan fingerprint density at radius 3 is 1.67 bits per heavy atom. The molecule has 0 rings (SSSR count). The van der Waals surface area contributed by atoms with Crippen LogP contribution in [0.2, 0.25) is 0 Å². The van der Waals surface area contributed by atoms with Crippen molar-refractivity contribution < 1.29 is 10.2 Å². The van der Waals surface area contributed by atoms with Crippen LogP contribution in [0, 0.1) is 0 Å². The molecule has 0 aliphatic heterocycles. The summed E-state index contributed by atoms with van der Waals surface area (Å²) < 4.78 is 0. The van der Waals surface area contributed by atoms with Crippen molar-refractivity contribution in [2.75, 3.05) is 33.4 Å². The molecule has 0 amide bonds. The maximum atomic E-state index is 8.34. The molecule has 0 aromatic carbocycles. The van der Waals surface area contributed by atoms with Gasteiger partial charge < -0.3 is 21.3 Å². The van der Waals surface area contributed by atoms with Gasteiger partial charge in [0, 0.05) is 13.1 Å². The van der Waals surface area contributed by atoms with E-state index in [1.807, 2.05) is 11.9 Å². The average molecular weight is 136 g/mol. The maximum absolute atomic E-state index is 8.34. The summed E-state index contributed by atoms with van der Waals surface area (Å²) >= 11 is 0. The van der Waals surface area contributed by atoms with Gasteiger partial charge >= 0.3 is 0 Å². The quantitative estimate of drug-likeness (QED) is 0.466. The summed E-state index contributed by atoms with van der Waals surface area (Å²) in [6.45, 7) is 1.61. The van der Waals surface area contributed by atoms with Crippen molar-refractivity contribution in [2.45, 2.75) is 0 Å². The van der Waals surface area contributed by atoms with Crippen LogP contribution in [0.15, 0.2) is 0 Å². The molecule has 0 aliphatic carbocycles. The predicted molar refractivity (Wildman–Crippen MR) is 36.7 cm³/mol. The molecular formula is C5H16N2O2. The SMILES string of the molecule is CN(CCO)CCO.N. The van der Waals surface area contributed by atoms with Gasteiger partial charge in [0.2, 0.25) is 0 Å². The topological polar surface area (TPSA) is 78.7 Å². The first-order chi connectivity index (χ1) is 3.81. The lowest BCUT2D eigenvalue weighted by Crippen LogP contribution is -2.25. The van der Waals surface area contributed by atoms with Crippen LogP contribution in [0.25, 0.3) is 0 Å². The second kappa shape index (κ2) is 7.84. The van der Waals surface area contributed by atoms with Gasteiger partial charge in [-0.3, -0.25) is 0 Å². The minimum absolute atomic E-state index is 0. The van der Waals surface area contributed by atoms with Crippen molar-refractivity contribution in [3.63, 3.8) is 0 Å². The van der Waals surface area contributed by atoms with Gasteiger partial charge in [-0.25, -0.2) is 0 Å². The van der Waals surface area contributed by atoms with Gasteiger partial charge in [0.25, 0.3) is 0 Å². The van der Waals surface area contributed by atoms with Crippen LogP contribution >= 0.6 is 0 Å². The summed E-state index contributed by atoms with van der Waals surface area (Å²) in [5, 5.41) is 16.7. The molecule has 5 N–H and O–H groups in total. The molecule has 9 heavy (non-hydrogen) atoms. The second-order valence-electron chi connectivity index (χ2n) is 1.75. The van der Waals surface area contributed by atoms with Crippen LogP contribution in [-0.4, -0.2) is 48.5 Å². The Morgan fingerprint density at radius 2 is 1.44 bits per heavy atom. The van der Waals surface area contributed by atoms with Crippen LogP contribution in [0.3, 0.4) is 0 Å². The summed E-state index contributed by atoms with van der Waals surface area (Å²) in [7, 11) is 1.85. The zero-order chi connectivity index (χ0) is 6.41. The van der Waals surface area contributed by atoms with Gasteiger partial charge in [-0.2, -0.15) is 0 Å². The van der Waals surface area contributed by atoms with E-state index in [2.05, 4.69) is 0 Å². The van der Waals surface area contributed by atoms with Gasteiger partial charge in [-0.1, -0.05) is 0 Å². The fraction of sp³-hybridized carbons (Fsp3) is 1.00. The molecule has 0 spiro atoms. The molecule has 0 atom stereocenters. The maximum Gasteiger partial charge on any atom is 0.0558 e. The zero-order valence-electron chi connectivity index (χ0n) is 5.88. The van der Waals surface area contributed by atoms with Crippen LogP contribution in [-0.2, 0) is 0 Å². The second-order valence-corrected chi connectivity index (χ2v) is 1.75. The van der Waals surface area contributed by atoms with E-state index in [0.29, 0.717) is 13.1 Å². The normalized spacial score (nSPS) is 9.33. The van der Waals surface area contributed by atoms with Gasteiger partial charge in [0.15, 0.2) is 0 Å². The highest BCUT2D eigenvalue weighted by Crippen LogP contribution is 1.76. The summed E-state index contributed by atoms with van der Waals surface area (Å²) in [6, 6.07) is 0. The molecule has 0 saturated heterocycles. The third-order valence-corrected chi connectivity index (χ3v) is 0.963. The lowest BCUT2D eigenvalue weighted by atomic mass is 10.5. The van der Waals surface area contributed by atoms with E-state index in [-0.39, 0.29) is 19.4 Å². The van der Waals surface area contributed by atoms with E-state index in [0.717, 1.165) is 0 Å². The lowest BCUT2D eigenvalue weighted by molar-refractivity contribution is 0.184. The minimum Gasteiger partial charge on any atom is -0.395 e. The Morgan fingerprint density at radius 1 is 1.11 bits per heavy atom. The van der Waals surface area contributed by atoms with E-state index < -0.39 is 0 Å². The van der Waals surface area contributed by atoms with Crippen molar-refractivity contribution >= 4 is 0 Å². The number of rotatable bonds is 4. The molecule has 58 valence electrons. The fourth-order valence-corrected chi connectivity index (χ4v) is 0.453. The van der Waals surface area contributed by atoms with E-state index in [1.54, 1.807) is 0 Å². The number of likely N-dealkylation sites (N-methyl/N-ethyl adjacent to an activating group) is 1. The Hall–Kier alpha value is -0.160. The van der Waals surface area contributed by atoms with Crippen molar-refractivity contribution in [3.05, 3.63) is 0 Å². The largest absolute Gasteiger partial charge is 0.395 e. The fourth-order valence-electron chi connectivity index (χ4n) is 0.453. The molecule has 0 saturated carbocycles. The number of aliphatic hydroxyl groups is 2. The summed E-state index contributed by atoms with van der Waals surface area (Å²) in [5.74, 6) is 0. The zero-order valence-corrected chi connectivity index (χ0v) is 5.88. The van der Waals surface area contributed by atoms with E-state index >= 15 is 0 Å². The molecular weight excluding hydrogens is 120 g/mol. The van der Waals surface area contributed by atoms with E-state index in [4.69, 9.17) is 10.2 Å². The van der Waals surface area contributed by atoms with E-state index in [1.165, 1.54) is 0 Å². The molecule has 4 nitrogen and oxygen atoms in total. The first-order valence-corrected chi connectivity index (χ1v) is 2.71. The molecule has 0 fully saturated rings. The van der Waals surface area contributed by atoms with Crippen molar-refractivity contribution in [1.29, 1.82) is 0 Å². The number of aliphatic hydroxyl groups excluding tert-OH is 2. The molecule has 0 bridgehead atoms. The summed E-state index contributed by atoms with van der Waals surface area (Å²) in [5.41, 5.74) is 0. The predicted octanol–water partition coefficient (Wildman–Crippen LogP) is -0.935. The average Bonchev–Trinajstić information content (AvgIpc) is 1.68. The molecule has 4 heteroatoms. The Labute approximate surface area is 55.7 Å². The standard InChI is InChI=1S/C5H13NO2.H3N/c1-6(2-4-7)3-5-8;/h7-8H,2-5H2,1H3;1H3. The Kier molecular flexibility index (Phi) is 10.1. The monoisotopic (exact) mass is 136 g/mol. The Bertz CT molecular complexity index is 46.2. The lowest BCUT2D eigenvalue weighted by Gasteiger charge is -2.11. The van der Waals surface area contributed by atoms with Crippen LogP contribution in [0.5, 0.6) is 0 Å². The Balaban J connectivity index is 0. The van der Waals surface area contributed by atoms with Crippen molar-refractivity contribution in [2.24, 2.45) is 0 Å². The first kappa shape index (κ1) is 11.6. The highest BCUT2D eigenvalue weighted by molar-refractivity contribution is 4.45. The summed E-state index contributed by atoms with van der Waals surface area (Å²) in [4.78, 5) is 1.86. The van der Waals surface area contributed by atoms with Gasteiger partial charge in [-0.05, 0) is 7.05 Å². The molecule has 0 aliphatic rings. The third-order valence-electron chi connectivity index (χ3n) is 0.963. The van der Waals surface area contributed by atoms with Gasteiger partial charge in [0.1, 0.15) is 0 Å². The highest BCUT2D eigenvalue weighted by atomic mass is 16.3.